The average Bonchev–Trinajstić information content (AvgIpc) is 3.32. The first-order valence-corrected chi connectivity index (χ1v) is 9.58. The standard InChI is InChI=1S/C19H21BN6O2/c1-10-8-11(22-13-9-12(21)23-17(20)24-13)16(28)26-14(10)15(27)25-19(26)6-4-18(2-3-18)5-7-19/h8-9H,2-7H2,1H3,(H,25,27)(H3,21,22,23,24). The van der Waals surface area contributed by atoms with Gasteiger partial charge in [-0.2, -0.15) is 0 Å². The van der Waals surface area contributed by atoms with Crippen LogP contribution in [0.3, 0.4) is 0 Å². The Bertz CT molecular complexity index is 1040. The van der Waals surface area contributed by atoms with Crippen molar-refractivity contribution >= 4 is 36.8 Å². The number of carbonyl (C=O) groups is 1. The Kier molecular flexibility index (Phi) is 3.45. The molecule has 5 rings (SSSR count). The minimum absolute atomic E-state index is 0.0239. The average molecular weight is 376 g/mol. The number of nitrogen functional groups attached to an aromatic ring is 1. The number of anilines is 3. The number of nitrogens with zero attached hydrogens (tertiary/aromatic N) is 3. The molecule has 2 spiro atoms. The van der Waals surface area contributed by atoms with Gasteiger partial charge in [-0.1, -0.05) is 0 Å². The summed E-state index contributed by atoms with van der Waals surface area (Å²) in [6.07, 6.45) is 6.15. The first-order chi connectivity index (χ1) is 13.3. The molecule has 142 valence electrons. The molecule has 2 radical (unpaired) electrons. The van der Waals surface area contributed by atoms with Gasteiger partial charge < -0.3 is 16.4 Å². The van der Waals surface area contributed by atoms with Crippen LogP contribution in [0.15, 0.2) is 16.9 Å². The fraction of sp³-hybridized carbons (Fsp3) is 0.474. The lowest BCUT2D eigenvalue weighted by Crippen LogP contribution is -2.50. The molecule has 1 amide bonds. The van der Waals surface area contributed by atoms with Gasteiger partial charge in [0.25, 0.3) is 11.5 Å². The van der Waals surface area contributed by atoms with E-state index in [0.29, 0.717) is 22.6 Å². The summed E-state index contributed by atoms with van der Waals surface area (Å²) < 4.78 is 1.66. The van der Waals surface area contributed by atoms with E-state index in [9.17, 15) is 9.59 Å². The lowest BCUT2D eigenvalue weighted by molar-refractivity contribution is 0.0822. The number of pyridine rings is 1. The SMILES string of the molecule is [B]c1nc(N)cc(Nc2cc(C)c3n(c2=O)C2(CCC4(CC4)CC2)NC3=O)n1. The van der Waals surface area contributed by atoms with Crippen molar-refractivity contribution in [1.29, 1.82) is 0 Å². The lowest BCUT2D eigenvalue weighted by Gasteiger charge is -2.39. The van der Waals surface area contributed by atoms with Crippen molar-refractivity contribution in [3.63, 3.8) is 0 Å². The summed E-state index contributed by atoms with van der Waals surface area (Å²) in [4.78, 5) is 34.0. The third kappa shape index (κ3) is 2.52. The van der Waals surface area contributed by atoms with Crippen molar-refractivity contribution in [3.05, 3.63) is 33.7 Å². The van der Waals surface area contributed by atoms with Crippen LogP contribution in [0.25, 0.3) is 0 Å². The Balaban J connectivity index is 1.59. The minimum atomic E-state index is -0.635. The normalized spacial score (nSPS) is 20.8. The van der Waals surface area contributed by atoms with Crippen molar-refractivity contribution in [2.75, 3.05) is 11.1 Å². The quantitative estimate of drug-likeness (QED) is 0.669. The Morgan fingerprint density at radius 3 is 2.46 bits per heavy atom. The van der Waals surface area contributed by atoms with Gasteiger partial charge in [-0.3, -0.25) is 14.2 Å². The summed E-state index contributed by atoms with van der Waals surface area (Å²) in [6.45, 7) is 1.84. The fourth-order valence-corrected chi connectivity index (χ4v) is 4.76. The predicted molar refractivity (Wildman–Crippen MR) is 106 cm³/mol. The summed E-state index contributed by atoms with van der Waals surface area (Å²) in [5, 5.41) is 6.13. The maximum Gasteiger partial charge on any atom is 0.276 e. The molecular formula is C19H21BN6O2. The van der Waals surface area contributed by atoms with Gasteiger partial charge in [-0.05, 0) is 62.5 Å². The maximum absolute atomic E-state index is 13.4. The monoisotopic (exact) mass is 376 g/mol. The van der Waals surface area contributed by atoms with Crippen LogP contribution >= 0.6 is 0 Å². The van der Waals surface area contributed by atoms with E-state index in [4.69, 9.17) is 13.6 Å². The molecule has 2 aromatic rings. The van der Waals surface area contributed by atoms with Crippen LogP contribution in [0, 0.1) is 12.3 Å². The predicted octanol–water partition coefficient (Wildman–Crippen LogP) is 0.817. The topological polar surface area (TPSA) is 115 Å². The molecule has 0 unspecified atom stereocenters. The van der Waals surface area contributed by atoms with Crippen molar-refractivity contribution in [3.8, 4) is 0 Å². The molecule has 2 aromatic heterocycles. The van der Waals surface area contributed by atoms with Gasteiger partial charge in [0.1, 0.15) is 28.7 Å². The summed E-state index contributed by atoms with van der Waals surface area (Å²) in [6, 6.07) is 3.19. The molecule has 1 aliphatic heterocycles. The van der Waals surface area contributed by atoms with Crippen LogP contribution in [0.4, 0.5) is 17.3 Å². The lowest BCUT2D eigenvalue weighted by atomic mass is 9.79. The Morgan fingerprint density at radius 2 is 1.82 bits per heavy atom. The van der Waals surface area contributed by atoms with Gasteiger partial charge in [0.05, 0.1) is 5.72 Å². The molecule has 0 aromatic carbocycles. The van der Waals surface area contributed by atoms with E-state index in [2.05, 4.69) is 20.6 Å². The highest BCUT2D eigenvalue weighted by molar-refractivity contribution is 6.29. The minimum Gasteiger partial charge on any atom is -0.384 e. The molecule has 0 bridgehead atoms. The largest absolute Gasteiger partial charge is 0.384 e. The van der Waals surface area contributed by atoms with Crippen LogP contribution in [0.5, 0.6) is 0 Å². The molecule has 3 aliphatic rings. The second-order valence-electron chi connectivity index (χ2n) is 8.38. The van der Waals surface area contributed by atoms with Gasteiger partial charge in [-0.25, -0.2) is 9.97 Å². The van der Waals surface area contributed by atoms with Crippen LogP contribution in [-0.2, 0) is 5.66 Å². The first kappa shape index (κ1) is 17.3. The van der Waals surface area contributed by atoms with Gasteiger partial charge in [-0.15, -0.1) is 0 Å². The number of hydrogen-bond acceptors (Lipinski definition) is 6. The van der Waals surface area contributed by atoms with E-state index >= 15 is 0 Å². The zero-order valence-corrected chi connectivity index (χ0v) is 15.7. The number of rotatable bonds is 2. The van der Waals surface area contributed by atoms with Gasteiger partial charge in [0.2, 0.25) is 0 Å². The van der Waals surface area contributed by atoms with E-state index in [-0.39, 0.29) is 23.0 Å². The number of carbonyl (C=O) groups excluding carboxylic acids is 1. The number of aryl methyl sites for hydroxylation is 1. The molecule has 2 fully saturated rings. The molecule has 2 saturated carbocycles. The van der Waals surface area contributed by atoms with Crippen LogP contribution in [0.2, 0.25) is 0 Å². The highest BCUT2D eigenvalue weighted by atomic mass is 16.2. The van der Waals surface area contributed by atoms with Crippen molar-refractivity contribution in [2.45, 2.75) is 51.1 Å². The van der Waals surface area contributed by atoms with Crippen molar-refractivity contribution < 1.29 is 4.79 Å². The summed E-state index contributed by atoms with van der Waals surface area (Å²) >= 11 is 0. The Morgan fingerprint density at radius 1 is 1.14 bits per heavy atom. The second kappa shape index (κ2) is 5.59. The fourth-order valence-electron chi connectivity index (χ4n) is 4.76. The Hall–Kier alpha value is -2.84. The van der Waals surface area contributed by atoms with Gasteiger partial charge >= 0.3 is 0 Å². The molecule has 8 nitrogen and oxygen atoms in total. The number of nitrogens with two attached hydrogens (primary N) is 1. The molecular weight excluding hydrogens is 355 g/mol. The summed E-state index contributed by atoms with van der Waals surface area (Å²) in [7, 11) is 5.65. The third-order valence-electron chi connectivity index (χ3n) is 6.50. The van der Waals surface area contributed by atoms with E-state index in [1.54, 1.807) is 10.6 Å². The second-order valence-corrected chi connectivity index (χ2v) is 8.38. The van der Waals surface area contributed by atoms with Crippen LogP contribution in [0.1, 0.15) is 54.6 Å². The van der Waals surface area contributed by atoms with E-state index < -0.39 is 5.66 Å². The molecule has 9 heteroatoms. The van der Waals surface area contributed by atoms with E-state index in [1.165, 1.54) is 18.9 Å². The number of aromatic nitrogens is 3. The zero-order chi connectivity index (χ0) is 19.7. The Labute approximate surface area is 163 Å². The highest BCUT2D eigenvalue weighted by Crippen LogP contribution is 2.59. The molecule has 3 heterocycles. The number of amides is 1. The molecule has 0 atom stereocenters. The third-order valence-corrected chi connectivity index (χ3v) is 6.50. The first-order valence-electron chi connectivity index (χ1n) is 9.58. The van der Waals surface area contributed by atoms with Crippen LogP contribution < -0.4 is 27.7 Å². The van der Waals surface area contributed by atoms with Crippen LogP contribution in [-0.4, -0.2) is 28.3 Å². The number of nitrogens with one attached hydrogen (secondary N) is 2. The van der Waals surface area contributed by atoms with Crippen molar-refractivity contribution in [1.82, 2.24) is 19.9 Å². The number of fused-ring (bicyclic) bond motifs is 2. The molecule has 0 saturated heterocycles. The zero-order valence-electron chi connectivity index (χ0n) is 15.7. The molecule has 4 N–H and O–H groups in total. The summed E-state index contributed by atoms with van der Waals surface area (Å²) in [5.74, 6) is 0.376. The van der Waals surface area contributed by atoms with E-state index in [1.807, 2.05) is 6.92 Å². The number of hydrogen-bond donors (Lipinski definition) is 3. The van der Waals surface area contributed by atoms with Gasteiger partial charge in [0.15, 0.2) is 7.85 Å². The molecule has 2 aliphatic carbocycles. The smallest absolute Gasteiger partial charge is 0.276 e. The highest BCUT2D eigenvalue weighted by Gasteiger charge is 2.53. The summed E-state index contributed by atoms with van der Waals surface area (Å²) in [5.41, 5.74) is 6.83. The maximum atomic E-state index is 13.4. The van der Waals surface area contributed by atoms with E-state index in [0.717, 1.165) is 31.2 Å². The van der Waals surface area contributed by atoms with Gasteiger partial charge in [0, 0.05) is 6.07 Å². The van der Waals surface area contributed by atoms with Crippen molar-refractivity contribution in [2.24, 2.45) is 5.41 Å². The molecule has 28 heavy (non-hydrogen) atoms.